The van der Waals surface area contributed by atoms with Crippen molar-refractivity contribution in [2.24, 2.45) is 11.8 Å². The molecule has 3 rings (SSSR count). The van der Waals surface area contributed by atoms with Crippen LogP contribution in [0.25, 0.3) is 0 Å². The Labute approximate surface area is 316 Å². The number of methoxy groups -OCH3 is 2. The van der Waals surface area contributed by atoms with Crippen LogP contribution in [0.1, 0.15) is 39.5 Å². The van der Waals surface area contributed by atoms with Gasteiger partial charge in [0.05, 0.1) is 20.1 Å². The summed E-state index contributed by atoms with van der Waals surface area (Å²) >= 11 is 15.0. The first-order chi connectivity index (χ1) is 21.9. The van der Waals surface area contributed by atoms with Crippen molar-refractivity contribution in [2.45, 2.75) is 49.3 Å². The summed E-state index contributed by atoms with van der Waals surface area (Å²) in [6, 6.07) is 15.2. The number of carbonyl (C=O) groups excluding carboxylic acids is 6. The van der Waals surface area contributed by atoms with E-state index in [1.807, 2.05) is 54.6 Å². The molecule has 2 aromatic rings. The van der Waals surface area contributed by atoms with Gasteiger partial charge >= 0.3 is 47.6 Å². The molecule has 2 aromatic carbocycles. The van der Waals surface area contributed by atoms with Gasteiger partial charge in [-0.15, -0.1) is 29.3 Å². The summed E-state index contributed by atoms with van der Waals surface area (Å²) in [5.74, 6) is -0.732. The van der Waals surface area contributed by atoms with E-state index in [1.165, 1.54) is 19.1 Å². The number of carbonyl (C=O) groups is 4. The summed E-state index contributed by atoms with van der Waals surface area (Å²) in [4.78, 5) is 62.4. The molecule has 1 aliphatic carbocycles. The molecule has 0 aliphatic heterocycles. The number of thioether (sulfide) groups is 2. The Kier molecular flexibility index (Phi) is 28.5. The third kappa shape index (κ3) is 22.8. The summed E-state index contributed by atoms with van der Waals surface area (Å²) < 4.78 is 8.95. The Hall–Kier alpha value is -2.34. The number of esters is 2. The number of ether oxygens (including phenoxy) is 2. The molecule has 0 N–H and O–H groups in total. The number of halogens is 2. The SMILES string of the molecule is CC(=O)/C=C/CCSc1ccc(Cl)cc1.CCC(=O)OC.COC(=O)C1C([O-])=CC(=O)CC1CCSc1ccc(Cl)cc1.O=C=O.[Na+]. The van der Waals surface area contributed by atoms with Crippen LogP contribution in [0.4, 0.5) is 0 Å². The van der Waals surface area contributed by atoms with Gasteiger partial charge in [0.1, 0.15) is 0 Å². The van der Waals surface area contributed by atoms with Crippen LogP contribution in [0, 0.1) is 11.8 Å². The molecule has 0 bridgehead atoms. The number of rotatable bonds is 11. The van der Waals surface area contributed by atoms with E-state index in [-0.39, 0.29) is 65.6 Å². The summed E-state index contributed by atoms with van der Waals surface area (Å²) in [5.41, 5.74) is 0. The van der Waals surface area contributed by atoms with Gasteiger partial charge in [0, 0.05) is 38.4 Å². The average molecular weight is 736 g/mol. The molecule has 0 radical (unpaired) electrons. The third-order valence-corrected chi connectivity index (χ3v) is 8.40. The molecule has 0 aromatic heterocycles. The van der Waals surface area contributed by atoms with Crippen molar-refractivity contribution < 1.29 is 72.9 Å². The molecular weight excluding hydrogens is 698 g/mol. The van der Waals surface area contributed by atoms with Crippen LogP contribution in [0.5, 0.6) is 0 Å². The predicted octanol–water partition coefficient (Wildman–Crippen LogP) is 3.40. The van der Waals surface area contributed by atoms with E-state index >= 15 is 0 Å². The van der Waals surface area contributed by atoms with Crippen LogP contribution < -0.4 is 34.7 Å². The fourth-order valence-corrected chi connectivity index (χ4v) is 5.70. The monoisotopic (exact) mass is 734 g/mol. The van der Waals surface area contributed by atoms with E-state index in [1.54, 1.807) is 43.4 Å². The van der Waals surface area contributed by atoms with Gasteiger partial charge in [-0.3, -0.25) is 19.2 Å². The van der Waals surface area contributed by atoms with Crippen LogP contribution in [0.15, 0.2) is 82.3 Å². The second-order valence-electron chi connectivity index (χ2n) is 9.19. The molecule has 2 atom stereocenters. The van der Waals surface area contributed by atoms with Crippen molar-refractivity contribution >= 4 is 76.4 Å². The normalized spacial score (nSPS) is 14.6. The first kappa shape index (κ1) is 46.8. The Balaban J connectivity index is 0. The molecule has 0 heterocycles. The quantitative estimate of drug-likeness (QED) is 0.110. The van der Waals surface area contributed by atoms with E-state index in [2.05, 4.69) is 4.74 Å². The molecule has 0 fully saturated rings. The van der Waals surface area contributed by atoms with Gasteiger partial charge in [-0.05, 0) is 92.1 Å². The van der Waals surface area contributed by atoms with Gasteiger partial charge in [-0.2, -0.15) is 9.59 Å². The van der Waals surface area contributed by atoms with Crippen molar-refractivity contribution in [1.82, 2.24) is 0 Å². The van der Waals surface area contributed by atoms with Crippen molar-refractivity contribution in [1.29, 1.82) is 0 Å². The minimum absolute atomic E-state index is 0. The second-order valence-corrected chi connectivity index (χ2v) is 12.4. The predicted molar refractivity (Wildman–Crippen MR) is 177 cm³/mol. The number of ketones is 2. The third-order valence-electron chi connectivity index (χ3n) is 5.81. The van der Waals surface area contributed by atoms with E-state index in [0.29, 0.717) is 23.6 Å². The molecule has 9 nitrogen and oxygen atoms in total. The minimum atomic E-state index is -0.853. The molecule has 250 valence electrons. The zero-order valence-corrected chi connectivity index (χ0v) is 32.1. The second kappa shape index (κ2) is 28.7. The standard InChI is InChI=1S/C16H17ClO4S.C12H13ClOS.C4H8O2.CO2.Na/c1-21-16(20)15-10(8-12(18)9-14(15)19)6-7-22-13-4-2-11(17)3-5-13;1-10(14)4-2-3-9-15-12-7-5-11(13)6-8-12;1-3-4(5)6-2;2-1-3;/h2-5,9-10,15,19H,6-8H2,1H3;2,4-8H,3,9H2,1H3;3H2,1-2H3;;/q;;;;+1/p-1/b;4-2+;;;. The molecular formula is C33H37Cl2NaO9S2. The molecule has 0 saturated carbocycles. The van der Waals surface area contributed by atoms with Crippen molar-refractivity contribution in [3.8, 4) is 0 Å². The molecule has 0 saturated heterocycles. The maximum atomic E-state index is 11.9. The number of allylic oxidation sites excluding steroid dienone is 3. The van der Waals surface area contributed by atoms with E-state index < -0.39 is 17.6 Å². The van der Waals surface area contributed by atoms with E-state index in [9.17, 15) is 24.3 Å². The average Bonchev–Trinajstić information content (AvgIpc) is 3.02. The number of benzene rings is 2. The van der Waals surface area contributed by atoms with Gasteiger partial charge in [0.25, 0.3) is 0 Å². The van der Waals surface area contributed by atoms with Gasteiger partial charge < -0.3 is 14.6 Å². The molecule has 47 heavy (non-hydrogen) atoms. The first-order valence-electron chi connectivity index (χ1n) is 13.9. The Morgan fingerprint density at radius 1 is 0.936 bits per heavy atom. The van der Waals surface area contributed by atoms with Gasteiger partial charge in [0.15, 0.2) is 11.6 Å². The van der Waals surface area contributed by atoms with Crippen molar-refractivity contribution in [2.75, 3.05) is 25.7 Å². The Morgan fingerprint density at radius 2 is 1.43 bits per heavy atom. The Morgan fingerprint density at radius 3 is 1.83 bits per heavy atom. The van der Waals surface area contributed by atoms with E-state index in [4.69, 9.17) is 37.5 Å². The topological polar surface area (TPSA) is 144 Å². The van der Waals surface area contributed by atoms with Gasteiger partial charge in [0.2, 0.25) is 0 Å². The fourth-order valence-electron chi connectivity index (χ4n) is 3.65. The Bertz CT molecular complexity index is 1320. The fraction of sp³-hybridized carbons (Fsp3) is 0.364. The molecule has 14 heteroatoms. The molecule has 1 aliphatic rings. The minimum Gasteiger partial charge on any atom is -0.875 e. The van der Waals surface area contributed by atoms with Gasteiger partial charge in [-0.1, -0.05) is 36.2 Å². The largest absolute Gasteiger partial charge is 1.00 e. The summed E-state index contributed by atoms with van der Waals surface area (Å²) in [7, 11) is 2.64. The van der Waals surface area contributed by atoms with Crippen molar-refractivity contribution in [3.63, 3.8) is 0 Å². The zero-order chi connectivity index (χ0) is 34.9. The summed E-state index contributed by atoms with van der Waals surface area (Å²) in [6.07, 6.45) is 6.98. The maximum absolute atomic E-state index is 11.9. The van der Waals surface area contributed by atoms with E-state index in [0.717, 1.165) is 28.2 Å². The van der Waals surface area contributed by atoms with Gasteiger partial charge in [-0.25, -0.2) is 0 Å². The molecule has 0 spiro atoms. The smallest absolute Gasteiger partial charge is 0.875 e. The number of hydrogen-bond acceptors (Lipinski definition) is 11. The summed E-state index contributed by atoms with van der Waals surface area (Å²) in [6.45, 7) is 3.31. The van der Waals surface area contributed by atoms with Crippen LogP contribution in [-0.2, 0) is 38.2 Å². The number of hydrogen-bond donors (Lipinski definition) is 0. The maximum Gasteiger partial charge on any atom is 1.00 e. The van der Waals surface area contributed by atoms with Crippen LogP contribution in [-0.4, -0.2) is 55.4 Å². The summed E-state index contributed by atoms with van der Waals surface area (Å²) in [5, 5.41) is 13.3. The molecule has 0 amide bonds. The van der Waals surface area contributed by atoms with Crippen LogP contribution >= 0.6 is 46.7 Å². The first-order valence-corrected chi connectivity index (χ1v) is 16.6. The zero-order valence-electron chi connectivity index (χ0n) is 27.0. The van der Waals surface area contributed by atoms with Crippen LogP contribution in [0.2, 0.25) is 10.0 Å². The molecule has 2 unspecified atom stereocenters. The van der Waals surface area contributed by atoms with Crippen LogP contribution in [0.3, 0.4) is 0 Å². The van der Waals surface area contributed by atoms with Crippen molar-refractivity contribution in [3.05, 3.63) is 82.6 Å².